The molecule has 0 bridgehead atoms. The summed E-state index contributed by atoms with van der Waals surface area (Å²) in [4.78, 5) is 0. The second kappa shape index (κ2) is 4.81. The molecule has 0 aliphatic rings. The molecule has 0 saturated carbocycles. The Bertz CT molecular complexity index is 315. The molecule has 0 heterocycles. The van der Waals surface area contributed by atoms with Crippen molar-refractivity contribution in [2.24, 2.45) is 0 Å². The SMILES string of the molecule is CNCc1c(OC)ccc(OC)c1F. The molecule has 0 aromatic heterocycles. The third kappa shape index (κ3) is 1.96. The van der Waals surface area contributed by atoms with Crippen LogP contribution in [0.1, 0.15) is 5.56 Å². The van der Waals surface area contributed by atoms with Crippen LogP contribution >= 0.6 is 0 Å². The van der Waals surface area contributed by atoms with E-state index in [-0.39, 0.29) is 11.6 Å². The fourth-order valence-corrected chi connectivity index (χ4v) is 1.27. The van der Waals surface area contributed by atoms with Crippen LogP contribution in [0.25, 0.3) is 0 Å². The van der Waals surface area contributed by atoms with Crippen LogP contribution < -0.4 is 14.8 Å². The van der Waals surface area contributed by atoms with Gasteiger partial charge in [0.25, 0.3) is 0 Å². The molecule has 0 aliphatic heterocycles. The summed E-state index contributed by atoms with van der Waals surface area (Å²) in [5.41, 5.74) is 0.481. The molecule has 0 atom stereocenters. The van der Waals surface area contributed by atoms with Crippen molar-refractivity contribution in [2.45, 2.75) is 6.54 Å². The van der Waals surface area contributed by atoms with E-state index in [0.717, 1.165) is 0 Å². The van der Waals surface area contributed by atoms with E-state index >= 15 is 0 Å². The predicted octanol–water partition coefficient (Wildman–Crippen LogP) is 1.56. The molecule has 3 nitrogen and oxygen atoms in total. The van der Waals surface area contributed by atoms with Gasteiger partial charge in [0, 0.05) is 12.1 Å². The number of benzene rings is 1. The number of methoxy groups -OCH3 is 2. The maximum Gasteiger partial charge on any atom is 0.173 e. The van der Waals surface area contributed by atoms with E-state index in [0.29, 0.717) is 17.9 Å². The van der Waals surface area contributed by atoms with Crippen molar-refractivity contribution in [3.05, 3.63) is 23.5 Å². The third-order valence-corrected chi connectivity index (χ3v) is 1.96. The van der Waals surface area contributed by atoms with Gasteiger partial charge < -0.3 is 14.8 Å². The lowest BCUT2D eigenvalue weighted by molar-refractivity contribution is 0.370. The van der Waals surface area contributed by atoms with Crippen molar-refractivity contribution < 1.29 is 13.9 Å². The molecule has 0 aliphatic carbocycles. The fourth-order valence-electron chi connectivity index (χ4n) is 1.27. The smallest absolute Gasteiger partial charge is 0.173 e. The molecule has 0 spiro atoms. The number of halogens is 1. The van der Waals surface area contributed by atoms with Gasteiger partial charge in [-0.25, -0.2) is 4.39 Å². The normalized spacial score (nSPS) is 10.0. The summed E-state index contributed by atoms with van der Waals surface area (Å²) in [6.45, 7) is 0.409. The lowest BCUT2D eigenvalue weighted by Crippen LogP contribution is -2.09. The summed E-state index contributed by atoms with van der Waals surface area (Å²) in [7, 11) is 4.70. The Labute approximate surface area is 82.8 Å². The Morgan fingerprint density at radius 3 is 2.29 bits per heavy atom. The van der Waals surface area contributed by atoms with Crippen LogP contribution in [-0.4, -0.2) is 21.3 Å². The van der Waals surface area contributed by atoms with Crippen LogP contribution in [0.4, 0.5) is 4.39 Å². The number of hydrogen-bond acceptors (Lipinski definition) is 3. The van der Waals surface area contributed by atoms with Gasteiger partial charge in [0.05, 0.1) is 14.2 Å². The maximum atomic E-state index is 13.7. The van der Waals surface area contributed by atoms with E-state index < -0.39 is 0 Å². The Hall–Kier alpha value is -1.29. The van der Waals surface area contributed by atoms with Crippen molar-refractivity contribution in [3.8, 4) is 11.5 Å². The highest BCUT2D eigenvalue weighted by molar-refractivity contribution is 5.41. The second-order valence-corrected chi connectivity index (χ2v) is 2.79. The Kier molecular flexibility index (Phi) is 3.71. The highest BCUT2D eigenvalue weighted by Crippen LogP contribution is 2.28. The topological polar surface area (TPSA) is 30.5 Å². The minimum Gasteiger partial charge on any atom is -0.496 e. The molecule has 0 fully saturated rings. The standard InChI is InChI=1S/C10H14FNO2/c1-12-6-7-8(13-2)4-5-9(14-3)10(7)11/h4-5,12H,6H2,1-3H3. The van der Waals surface area contributed by atoms with Crippen LogP contribution in [0.5, 0.6) is 11.5 Å². The average Bonchev–Trinajstić information content (AvgIpc) is 2.21. The van der Waals surface area contributed by atoms with E-state index in [9.17, 15) is 4.39 Å². The number of hydrogen-bond donors (Lipinski definition) is 1. The second-order valence-electron chi connectivity index (χ2n) is 2.79. The van der Waals surface area contributed by atoms with Gasteiger partial charge in [0.2, 0.25) is 0 Å². The molecular weight excluding hydrogens is 185 g/mol. The number of ether oxygens (including phenoxy) is 2. The van der Waals surface area contributed by atoms with Crippen LogP contribution in [0, 0.1) is 5.82 Å². The largest absolute Gasteiger partial charge is 0.496 e. The molecule has 1 aromatic rings. The first-order valence-corrected chi connectivity index (χ1v) is 4.28. The molecule has 78 valence electrons. The maximum absolute atomic E-state index is 13.7. The van der Waals surface area contributed by atoms with Crippen LogP contribution in [0.2, 0.25) is 0 Å². The summed E-state index contributed by atoms with van der Waals surface area (Å²) in [6, 6.07) is 3.24. The molecule has 0 amide bonds. The lowest BCUT2D eigenvalue weighted by atomic mass is 10.1. The summed E-state index contributed by atoms with van der Waals surface area (Å²) in [6.07, 6.45) is 0. The lowest BCUT2D eigenvalue weighted by Gasteiger charge is -2.11. The molecule has 0 saturated heterocycles. The fraction of sp³-hybridized carbons (Fsp3) is 0.400. The summed E-state index contributed by atoms with van der Waals surface area (Å²) >= 11 is 0. The van der Waals surface area contributed by atoms with E-state index in [4.69, 9.17) is 9.47 Å². The number of nitrogens with one attached hydrogen (secondary N) is 1. The molecule has 0 unspecified atom stereocenters. The zero-order valence-electron chi connectivity index (χ0n) is 8.56. The van der Waals surface area contributed by atoms with Gasteiger partial charge in [-0.05, 0) is 19.2 Å². The first-order valence-electron chi connectivity index (χ1n) is 4.28. The van der Waals surface area contributed by atoms with Gasteiger partial charge >= 0.3 is 0 Å². The third-order valence-electron chi connectivity index (χ3n) is 1.96. The first kappa shape index (κ1) is 10.8. The Balaban J connectivity index is 3.16. The molecular formula is C10H14FNO2. The van der Waals surface area contributed by atoms with Gasteiger partial charge in [-0.2, -0.15) is 0 Å². The van der Waals surface area contributed by atoms with Crippen LogP contribution in [-0.2, 0) is 6.54 Å². The van der Waals surface area contributed by atoms with E-state index in [2.05, 4.69) is 5.32 Å². The highest BCUT2D eigenvalue weighted by Gasteiger charge is 2.13. The van der Waals surface area contributed by atoms with Crippen molar-refractivity contribution >= 4 is 0 Å². The van der Waals surface area contributed by atoms with E-state index in [1.165, 1.54) is 14.2 Å². The van der Waals surface area contributed by atoms with Crippen LogP contribution in [0.3, 0.4) is 0 Å². The van der Waals surface area contributed by atoms with Crippen molar-refractivity contribution in [1.29, 1.82) is 0 Å². The monoisotopic (exact) mass is 199 g/mol. The zero-order valence-corrected chi connectivity index (χ0v) is 8.56. The summed E-state index contributed by atoms with van der Waals surface area (Å²) in [5, 5.41) is 2.88. The molecule has 0 radical (unpaired) electrons. The summed E-state index contributed by atoms with van der Waals surface area (Å²) < 4.78 is 23.6. The van der Waals surface area contributed by atoms with Gasteiger partial charge in [-0.3, -0.25) is 0 Å². The van der Waals surface area contributed by atoms with Gasteiger partial charge in [0.15, 0.2) is 11.6 Å². The first-order chi connectivity index (χ1) is 6.74. The Morgan fingerprint density at radius 1 is 1.21 bits per heavy atom. The molecule has 4 heteroatoms. The minimum absolute atomic E-state index is 0.232. The van der Waals surface area contributed by atoms with Gasteiger partial charge in [-0.15, -0.1) is 0 Å². The molecule has 14 heavy (non-hydrogen) atoms. The number of rotatable bonds is 4. The van der Waals surface area contributed by atoms with E-state index in [1.54, 1.807) is 19.2 Å². The van der Waals surface area contributed by atoms with Crippen molar-refractivity contribution in [2.75, 3.05) is 21.3 Å². The molecule has 1 aromatic carbocycles. The van der Waals surface area contributed by atoms with Gasteiger partial charge in [-0.1, -0.05) is 0 Å². The van der Waals surface area contributed by atoms with Crippen molar-refractivity contribution in [1.82, 2.24) is 5.32 Å². The summed E-state index contributed by atoms with van der Waals surface area (Å²) in [5.74, 6) is 0.384. The minimum atomic E-state index is -0.374. The predicted molar refractivity (Wildman–Crippen MR) is 52.3 cm³/mol. The van der Waals surface area contributed by atoms with Crippen LogP contribution in [0.15, 0.2) is 12.1 Å². The highest BCUT2D eigenvalue weighted by atomic mass is 19.1. The van der Waals surface area contributed by atoms with Crippen molar-refractivity contribution in [3.63, 3.8) is 0 Å². The quantitative estimate of drug-likeness (QED) is 0.798. The zero-order chi connectivity index (χ0) is 10.6. The average molecular weight is 199 g/mol. The molecule has 1 rings (SSSR count). The molecule has 1 N–H and O–H groups in total. The Morgan fingerprint density at radius 2 is 1.79 bits per heavy atom. The van der Waals surface area contributed by atoms with Gasteiger partial charge in [0.1, 0.15) is 5.75 Å². The van der Waals surface area contributed by atoms with E-state index in [1.807, 2.05) is 0 Å².